The van der Waals surface area contributed by atoms with Gasteiger partial charge in [0, 0.05) is 4.90 Å². The molecule has 1 N–H and O–H groups in total. The molecular weight excluding hydrogens is 336 g/mol. The maximum Gasteiger partial charge on any atom is 0.116 e. The molecule has 1 nitrogen and oxygen atoms in total. The first kappa shape index (κ1) is 23.4. The summed E-state index contributed by atoms with van der Waals surface area (Å²) >= 11 is 1.86. The number of rotatable bonds is 18. The van der Waals surface area contributed by atoms with Crippen molar-refractivity contribution in [1.29, 1.82) is 0 Å². The molecule has 0 unspecified atom stereocenters. The summed E-state index contributed by atoms with van der Waals surface area (Å²) in [4.78, 5) is 1.19. The Morgan fingerprint density at radius 1 is 0.654 bits per heavy atom. The van der Waals surface area contributed by atoms with Gasteiger partial charge in [-0.15, -0.1) is 11.8 Å². The predicted octanol–water partition coefficient (Wildman–Crippen LogP) is 8.75. The van der Waals surface area contributed by atoms with E-state index in [2.05, 4.69) is 13.0 Å². The molecule has 150 valence electrons. The van der Waals surface area contributed by atoms with Gasteiger partial charge in [0.05, 0.1) is 0 Å². The minimum absolute atomic E-state index is 0.377. The fourth-order valence-electron chi connectivity index (χ4n) is 3.41. The van der Waals surface area contributed by atoms with E-state index in [1.165, 1.54) is 113 Å². The largest absolute Gasteiger partial charge is 0.508 e. The van der Waals surface area contributed by atoms with Crippen molar-refractivity contribution >= 4 is 11.8 Å². The molecule has 0 saturated heterocycles. The third-order valence-corrected chi connectivity index (χ3v) is 6.16. The average Bonchev–Trinajstić information content (AvgIpc) is 2.64. The Labute approximate surface area is 167 Å². The fraction of sp³-hybridized carbons (Fsp3) is 0.750. The third kappa shape index (κ3) is 14.5. The van der Waals surface area contributed by atoms with Crippen molar-refractivity contribution in [2.75, 3.05) is 5.75 Å². The smallest absolute Gasteiger partial charge is 0.116 e. The third-order valence-electron chi connectivity index (χ3n) is 5.08. The van der Waals surface area contributed by atoms with Crippen LogP contribution in [0.2, 0.25) is 0 Å². The molecule has 0 radical (unpaired) electrons. The monoisotopic (exact) mass is 378 g/mol. The van der Waals surface area contributed by atoms with E-state index < -0.39 is 0 Å². The first-order valence-electron chi connectivity index (χ1n) is 11.2. The van der Waals surface area contributed by atoms with Gasteiger partial charge in [0.15, 0.2) is 0 Å². The van der Waals surface area contributed by atoms with Crippen molar-refractivity contribution in [3.8, 4) is 5.75 Å². The highest BCUT2D eigenvalue weighted by atomic mass is 32.2. The summed E-state index contributed by atoms with van der Waals surface area (Å²) in [5.74, 6) is 1.55. The number of phenolic OH excluding ortho intramolecular Hbond substituents is 1. The van der Waals surface area contributed by atoms with E-state index in [-0.39, 0.29) is 0 Å². The van der Waals surface area contributed by atoms with E-state index in [4.69, 9.17) is 0 Å². The van der Waals surface area contributed by atoms with E-state index in [0.717, 1.165) is 0 Å². The van der Waals surface area contributed by atoms with Crippen molar-refractivity contribution in [1.82, 2.24) is 0 Å². The Balaban J connectivity index is 1.73. The van der Waals surface area contributed by atoms with Crippen LogP contribution in [0.4, 0.5) is 0 Å². The van der Waals surface area contributed by atoms with Gasteiger partial charge in [0.25, 0.3) is 0 Å². The Bertz CT molecular complexity index is 418. The zero-order chi connectivity index (χ0) is 18.7. The van der Waals surface area contributed by atoms with Gasteiger partial charge >= 0.3 is 0 Å². The van der Waals surface area contributed by atoms with Gasteiger partial charge in [-0.1, -0.05) is 109 Å². The number of benzene rings is 1. The second-order valence-electron chi connectivity index (χ2n) is 7.65. The lowest BCUT2D eigenvalue weighted by atomic mass is 10.0. The molecule has 26 heavy (non-hydrogen) atoms. The number of aromatic hydroxyl groups is 1. The van der Waals surface area contributed by atoms with E-state index >= 15 is 0 Å². The van der Waals surface area contributed by atoms with Crippen LogP contribution in [0.15, 0.2) is 29.2 Å². The van der Waals surface area contributed by atoms with Crippen molar-refractivity contribution < 1.29 is 5.11 Å². The van der Waals surface area contributed by atoms with E-state index in [0.29, 0.717) is 5.75 Å². The molecule has 0 spiro atoms. The second-order valence-corrected chi connectivity index (χ2v) is 8.82. The number of unbranched alkanes of at least 4 members (excludes halogenated alkanes) is 15. The van der Waals surface area contributed by atoms with Crippen LogP contribution < -0.4 is 0 Å². The lowest BCUT2D eigenvalue weighted by Gasteiger charge is -2.04. The lowest BCUT2D eigenvalue weighted by molar-refractivity contribution is 0.474. The molecular formula is C24H42OS. The van der Waals surface area contributed by atoms with Gasteiger partial charge < -0.3 is 5.11 Å². The normalized spacial score (nSPS) is 11.1. The van der Waals surface area contributed by atoms with Gasteiger partial charge in [-0.2, -0.15) is 0 Å². The quantitative estimate of drug-likeness (QED) is 0.203. The SMILES string of the molecule is CCCCCCCCCCCCCCCCCCSc1cccc(O)c1. The highest BCUT2D eigenvalue weighted by molar-refractivity contribution is 7.99. The maximum absolute atomic E-state index is 9.44. The van der Waals surface area contributed by atoms with Gasteiger partial charge in [-0.3, -0.25) is 0 Å². The maximum atomic E-state index is 9.44. The molecule has 1 aromatic carbocycles. The summed E-state index contributed by atoms with van der Waals surface area (Å²) in [6, 6.07) is 7.60. The zero-order valence-electron chi connectivity index (χ0n) is 17.2. The first-order chi connectivity index (χ1) is 12.8. The molecule has 1 aromatic rings. The van der Waals surface area contributed by atoms with Crippen LogP contribution in [0.1, 0.15) is 110 Å². The van der Waals surface area contributed by atoms with Crippen LogP contribution in [0.5, 0.6) is 5.75 Å². The average molecular weight is 379 g/mol. The van der Waals surface area contributed by atoms with Crippen molar-refractivity contribution in [3.63, 3.8) is 0 Å². The van der Waals surface area contributed by atoms with Gasteiger partial charge in [0.1, 0.15) is 5.75 Å². The summed E-state index contributed by atoms with van der Waals surface area (Å²) in [6.07, 6.45) is 22.7. The standard InChI is InChI=1S/C24H42OS/c1-2-3-4-5-6-7-8-9-10-11-12-13-14-15-16-17-21-26-24-20-18-19-23(25)22-24/h18-20,22,25H,2-17,21H2,1H3. The predicted molar refractivity (Wildman–Crippen MR) is 118 cm³/mol. The molecule has 0 aliphatic heterocycles. The molecule has 0 bridgehead atoms. The lowest BCUT2D eigenvalue weighted by Crippen LogP contribution is -1.85. The van der Waals surface area contributed by atoms with Crippen LogP contribution in [0.3, 0.4) is 0 Å². The first-order valence-corrected chi connectivity index (χ1v) is 12.2. The Kier molecular flexibility index (Phi) is 16.0. The summed E-state index contributed by atoms with van der Waals surface area (Å²) < 4.78 is 0. The van der Waals surface area contributed by atoms with Crippen LogP contribution in [-0.2, 0) is 0 Å². The van der Waals surface area contributed by atoms with E-state index in [9.17, 15) is 5.11 Å². The summed E-state index contributed by atoms with van der Waals surface area (Å²) in [5.41, 5.74) is 0. The van der Waals surface area contributed by atoms with Crippen molar-refractivity contribution in [2.45, 2.75) is 115 Å². The van der Waals surface area contributed by atoms with Crippen LogP contribution in [-0.4, -0.2) is 10.9 Å². The molecule has 0 fully saturated rings. The summed E-state index contributed by atoms with van der Waals surface area (Å²) in [6.45, 7) is 2.29. The second kappa shape index (κ2) is 17.8. The molecule has 0 aliphatic rings. The number of hydrogen-bond acceptors (Lipinski definition) is 2. The van der Waals surface area contributed by atoms with Crippen LogP contribution in [0.25, 0.3) is 0 Å². The molecule has 1 rings (SSSR count). The molecule has 0 amide bonds. The topological polar surface area (TPSA) is 20.2 Å². The molecule has 0 aliphatic carbocycles. The summed E-state index contributed by atoms with van der Waals surface area (Å²) in [5, 5.41) is 9.44. The van der Waals surface area contributed by atoms with Gasteiger partial charge in [-0.05, 0) is 30.4 Å². The van der Waals surface area contributed by atoms with Crippen LogP contribution >= 0.6 is 11.8 Å². The molecule has 0 atom stereocenters. The Hall–Kier alpha value is -0.630. The number of thioether (sulfide) groups is 1. The number of phenols is 1. The van der Waals surface area contributed by atoms with Crippen LogP contribution in [0, 0.1) is 0 Å². The number of hydrogen-bond donors (Lipinski definition) is 1. The fourth-order valence-corrected chi connectivity index (χ4v) is 4.38. The van der Waals surface area contributed by atoms with E-state index in [1.807, 2.05) is 23.9 Å². The van der Waals surface area contributed by atoms with Crippen molar-refractivity contribution in [2.24, 2.45) is 0 Å². The molecule has 0 aromatic heterocycles. The summed E-state index contributed by atoms with van der Waals surface area (Å²) in [7, 11) is 0. The van der Waals surface area contributed by atoms with Gasteiger partial charge in [0.2, 0.25) is 0 Å². The minimum atomic E-state index is 0.377. The van der Waals surface area contributed by atoms with Crippen molar-refractivity contribution in [3.05, 3.63) is 24.3 Å². The molecule has 2 heteroatoms. The molecule has 0 heterocycles. The Morgan fingerprint density at radius 3 is 1.58 bits per heavy atom. The minimum Gasteiger partial charge on any atom is -0.508 e. The van der Waals surface area contributed by atoms with Gasteiger partial charge in [-0.25, -0.2) is 0 Å². The van der Waals surface area contributed by atoms with E-state index in [1.54, 1.807) is 6.07 Å². The molecule has 0 saturated carbocycles. The Morgan fingerprint density at radius 2 is 1.12 bits per heavy atom. The highest BCUT2D eigenvalue weighted by Gasteiger charge is 1.97. The zero-order valence-corrected chi connectivity index (χ0v) is 18.0. The highest BCUT2D eigenvalue weighted by Crippen LogP contribution is 2.23.